The van der Waals surface area contributed by atoms with Crippen molar-refractivity contribution in [3.05, 3.63) is 46.4 Å². The summed E-state index contributed by atoms with van der Waals surface area (Å²) in [7, 11) is 0. The topological polar surface area (TPSA) is 29.0 Å². The molecular weight excluding hydrogens is 270 g/mol. The van der Waals surface area contributed by atoms with Crippen LogP contribution in [0.5, 0.6) is 0 Å². The number of rotatable bonds is 4. The summed E-state index contributed by atoms with van der Waals surface area (Å²) in [5.41, 5.74) is 3.29. The number of hydrogen-bond donors (Lipinski definition) is 0. The lowest BCUT2D eigenvalue weighted by molar-refractivity contribution is 0.891. The second kappa shape index (κ2) is 6.23. The lowest BCUT2D eigenvalue weighted by Gasteiger charge is -2.24. The van der Waals surface area contributed by atoms with Crippen molar-refractivity contribution in [2.24, 2.45) is 0 Å². The van der Waals surface area contributed by atoms with E-state index in [0.29, 0.717) is 5.15 Å². The zero-order valence-corrected chi connectivity index (χ0v) is 13.2. The highest BCUT2D eigenvalue weighted by molar-refractivity contribution is 6.30. The molecule has 106 valence electrons. The van der Waals surface area contributed by atoms with Gasteiger partial charge in [-0.05, 0) is 32.9 Å². The van der Waals surface area contributed by atoms with Gasteiger partial charge >= 0.3 is 0 Å². The predicted molar refractivity (Wildman–Crippen MR) is 85.0 cm³/mol. The molecule has 0 amide bonds. The highest BCUT2D eigenvalue weighted by Crippen LogP contribution is 2.29. The third-order valence-electron chi connectivity index (χ3n) is 3.34. The number of anilines is 2. The van der Waals surface area contributed by atoms with E-state index in [1.807, 2.05) is 13.8 Å². The van der Waals surface area contributed by atoms with Gasteiger partial charge in [0.1, 0.15) is 16.8 Å². The van der Waals surface area contributed by atoms with Crippen molar-refractivity contribution in [1.29, 1.82) is 0 Å². The van der Waals surface area contributed by atoms with Crippen molar-refractivity contribution in [3.8, 4) is 0 Å². The molecule has 0 fully saturated rings. The summed E-state index contributed by atoms with van der Waals surface area (Å²) >= 11 is 6.23. The highest BCUT2D eigenvalue weighted by Gasteiger charge is 2.15. The Morgan fingerprint density at radius 1 is 1.05 bits per heavy atom. The van der Waals surface area contributed by atoms with Gasteiger partial charge in [0.05, 0.1) is 0 Å². The first kappa shape index (κ1) is 14.8. The molecule has 1 aromatic heterocycles. The van der Waals surface area contributed by atoms with Crippen LogP contribution in [0.2, 0.25) is 5.15 Å². The average molecular weight is 290 g/mol. The van der Waals surface area contributed by atoms with Gasteiger partial charge in [0.15, 0.2) is 0 Å². The van der Waals surface area contributed by atoms with Crippen LogP contribution < -0.4 is 4.90 Å². The van der Waals surface area contributed by atoms with Crippen LogP contribution in [0.1, 0.15) is 30.8 Å². The van der Waals surface area contributed by atoms with Crippen LogP contribution in [-0.2, 0) is 6.42 Å². The predicted octanol–water partition coefficient (Wildman–Crippen LogP) is 4.47. The number of benzene rings is 1. The van der Waals surface area contributed by atoms with Crippen LogP contribution in [-0.4, -0.2) is 16.5 Å². The Bertz CT molecular complexity index is 593. The smallest absolute Gasteiger partial charge is 0.141 e. The van der Waals surface area contributed by atoms with Gasteiger partial charge in [-0.1, -0.05) is 36.2 Å². The molecule has 0 atom stereocenters. The molecule has 1 aromatic carbocycles. The maximum absolute atomic E-state index is 6.23. The third kappa shape index (κ3) is 2.93. The minimum Gasteiger partial charge on any atom is -0.326 e. The van der Waals surface area contributed by atoms with E-state index < -0.39 is 0 Å². The molecule has 3 nitrogen and oxygen atoms in total. The fraction of sp³-hybridized carbons (Fsp3) is 0.375. The van der Waals surface area contributed by atoms with Gasteiger partial charge in [0.25, 0.3) is 0 Å². The molecule has 0 aliphatic rings. The molecule has 0 aliphatic carbocycles. The molecule has 2 aromatic rings. The minimum atomic E-state index is 0.539. The van der Waals surface area contributed by atoms with E-state index in [-0.39, 0.29) is 0 Å². The average Bonchev–Trinajstić information content (AvgIpc) is 2.45. The van der Waals surface area contributed by atoms with Crippen molar-refractivity contribution in [1.82, 2.24) is 9.97 Å². The lowest BCUT2D eigenvalue weighted by atomic mass is 10.2. The van der Waals surface area contributed by atoms with Gasteiger partial charge in [-0.15, -0.1) is 0 Å². The van der Waals surface area contributed by atoms with E-state index in [1.165, 1.54) is 5.56 Å². The quantitative estimate of drug-likeness (QED) is 0.778. The van der Waals surface area contributed by atoms with Crippen LogP contribution in [0.4, 0.5) is 11.5 Å². The Morgan fingerprint density at radius 3 is 2.25 bits per heavy atom. The normalized spacial score (nSPS) is 10.7. The largest absolute Gasteiger partial charge is 0.326 e. The van der Waals surface area contributed by atoms with Gasteiger partial charge in [-0.2, -0.15) is 0 Å². The summed E-state index contributed by atoms with van der Waals surface area (Å²) in [5, 5.41) is 0.539. The van der Waals surface area contributed by atoms with Crippen molar-refractivity contribution >= 4 is 23.1 Å². The molecule has 0 N–H and O–H groups in total. The molecular formula is C16H20ClN3. The van der Waals surface area contributed by atoms with Crippen molar-refractivity contribution in [2.45, 2.75) is 34.1 Å². The van der Waals surface area contributed by atoms with E-state index in [9.17, 15) is 0 Å². The fourth-order valence-corrected chi connectivity index (χ4v) is 2.30. The second-order valence-electron chi connectivity index (χ2n) is 4.81. The minimum absolute atomic E-state index is 0.539. The van der Waals surface area contributed by atoms with Crippen molar-refractivity contribution in [3.63, 3.8) is 0 Å². The summed E-state index contributed by atoms with van der Waals surface area (Å²) in [6.07, 6.45) is 0.776. The molecule has 0 unspecified atom stereocenters. The van der Waals surface area contributed by atoms with Crippen LogP contribution in [0, 0.1) is 13.8 Å². The Balaban J connectivity index is 2.51. The van der Waals surface area contributed by atoms with E-state index in [2.05, 4.69) is 53.0 Å². The molecule has 0 radical (unpaired) electrons. The number of aromatic nitrogens is 2. The van der Waals surface area contributed by atoms with Crippen LogP contribution in [0.25, 0.3) is 0 Å². The molecule has 4 heteroatoms. The van der Waals surface area contributed by atoms with Gasteiger partial charge in [-0.3, -0.25) is 0 Å². The monoisotopic (exact) mass is 289 g/mol. The van der Waals surface area contributed by atoms with Crippen LogP contribution in [0.15, 0.2) is 24.3 Å². The summed E-state index contributed by atoms with van der Waals surface area (Å²) in [5.74, 6) is 1.68. The summed E-state index contributed by atoms with van der Waals surface area (Å²) in [6.45, 7) is 9.03. The lowest BCUT2D eigenvalue weighted by Crippen LogP contribution is -2.20. The first-order valence-corrected chi connectivity index (χ1v) is 7.31. The van der Waals surface area contributed by atoms with E-state index in [4.69, 9.17) is 11.6 Å². The fourth-order valence-electron chi connectivity index (χ4n) is 2.12. The highest BCUT2D eigenvalue weighted by atomic mass is 35.5. The number of halogens is 1. The van der Waals surface area contributed by atoms with Gasteiger partial charge < -0.3 is 4.90 Å². The number of nitrogens with zero attached hydrogens (tertiary/aromatic N) is 3. The number of hydrogen-bond acceptors (Lipinski definition) is 3. The molecule has 0 saturated heterocycles. The van der Waals surface area contributed by atoms with Crippen LogP contribution in [0.3, 0.4) is 0 Å². The zero-order chi connectivity index (χ0) is 14.7. The van der Waals surface area contributed by atoms with Gasteiger partial charge in [0.2, 0.25) is 0 Å². The molecule has 1 heterocycles. The summed E-state index contributed by atoms with van der Waals surface area (Å²) in [6, 6.07) is 8.44. The standard InChI is InChI=1S/C16H20ClN3/c1-5-14-18-15(17)12(4)16(19-14)20(6-2)13-9-7-11(3)8-10-13/h7-10H,5-6H2,1-4H3. The maximum Gasteiger partial charge on any atom is 0.141 e. The zero-order valence-electron chi connectivity index (χ0n) is 12.4. The van der Waals surface area contributed by atoms with E-state index in [1.54, 1.807) is 0 Å². The molecule has 20 heavy (non-hydrogen) atoms. The molecule has 0 aliphatic heterocycles. The van der Waals surface area contributed by atoms with Gasteiger partial charge in [-0.25, -0.2) is 9.97 Å². The molecule has 0 bridgehead atoms. The Kier molecular flexibility index (Phi) is 4.61. The Hall–Kier alpha value is -1.61. The first-order valence-electron chi connectivity index (χ1n) is 6.94. The maximum atomic E-state index is 6.23. The summed E-state index contributed by atoms with van der Waals surface area (Å²) < 4.78 is 0. The summed E-state index contributed by atoms with van der Waals surface area (Å²) in [4.78, 5) is 11.1. The van der Waals surface area contributed by atoms with Crippen molar-refractivity contribution < 1.29 is 0 Å². The van der Waals surface area contributed by atoms with Crippen LogP contribution >= 0.6 is 11.6 Å². The third-order valence-corrected chi connectivity index (χ3v) is 3.71. The number of aryl methyl sites for hydroxylation is 2. The van der Waals surface area contributed by atoms with E-state index >= 15 is 0 Å². The first-order chi connectivity index (χ1) is 9.56. The van der Waals surface area contributed by atoms with E-state index in [0.717, 1.165) is 35.9 Å². The molecule has 0 saturated carbocycles. The molecule has 2 rings (SSSR count). The van der Waals surface area contributed by atoms with Gasteiger partial charge in [0, 0.05) is 24.2 Å². The Morgan fingerprint density at radius 2 is 1.70 bits per heavy atom. The Labute approximate surface area is 125 Å². The second-order valence-corrected chi connectivity index (χ2v) is 5.17. The molecule has 0 spiro atoms. The SMILES string of the molecule is CCc1nc(Cl)c(C)c(N(CC)c2ccc(C)cc2)n1. The van der Waals surface area contributed by atoms with Crippen molar-refractivity contribution in [2.75, 3.05) is 11.4 Å².